The van der Waals surface area contributed by atoms with Crippen LogP contribution < -0.4 is 10.1 Å². The number of hydrogen-bond donors (Lipinski definition) is 2. The summed E-state index contributed by atoms with van der Waals surface area (Å²) in [6, 6.07) is 3.82. The minimum absolute atomic E-state index is 0.407. The molecule has 0 amide bonds. The Morgan fingerprint density at radius 2 is 2.53 bits per heavy atom. The van der Waals surface area contributed by atoms with Gasteiger partial charge in [0.05, 0.1) is 13.7 Å². The molecule has 0 aliphatic carbocycles. The molecular formula is C12H18N2O3. The molecule has 2 heterocycles. The van der Waals surface area contributed by atoms with E-state index >= 15 is 0 Å². The second kappa shape index (κ2) is 5.44. The molecule has 0 bridgehead atoms. The van der Waals surface area contributed by atoms with Crippen LogP contribution in [0.5, 0.6) is 5.88 Å². The van der Waals surface area contributed by atoms with Gasteiger partial charge in [-0.1, -0.05) is 6.07 Å². The van der Waals surface area contributed by atoms with Crippen LogP contribution in [0.3, 0.4) is 0 Å². The fourth-order valence-electron chi connectivity index (χ4n) is 1.91. The number of aromatic nitrogens is 1. The summed E-state index contributed by atoms with van der Waals surface area (Å²) in [4.78, 5) is 4.12. The molecule has 2 N–H and O–H groups in total. The summed E-state index contributed by atoms with van der Waals surface area (Å²) < 4.78 is 10.3. The molecular weight excluding hydrogens is 220 g/mol. The van der Waals surface area contributed by atoms with Crippen molar-refractivity contribution < 1.29 is 14.6 Å². The van der Waals surface area contributed by atoms with E-state index < -0.39 is 5.60 Å². The number of ether oxygens (including phenoxy) is 2. The Kier molecular flexibility index (Phi) is 3.93. The topological polar surface area (TPSA) is 63.6 Å². The first-order chi connectivity index (χ1) is 8.23. The number of aliphatic hydroxyl groups is 1. The Morgan fingerprint density at radius 3 is 3.24 bits per heavy atom. The molecule has 1 atom stereocenters. The Bertz CT molecular complexity index is 365. The summed E-state index contributed by atoms with van der Waals surface area (Å²) in [6.45, 7) is 2.18. The van der Waals surface area contributed by atoms with Crippen molar-refractivity contribution in [2.75, 3.05) is 26.9 Å². The zero-order chi connectivity index (χ0) is 12.1. The van der Waals surface area contributed by atoms with Gasteiger partial charge in [-0.25, -0.2) is 4.98 Å². The van der Waals surface area contributed by atoms with Crippen LogP contribution >= 0.6 is 0 Å². The number of methoxy groups -OCH3 is 1. The van der Waals surface area contributed by atoms with E-state index in [1.165, 1.54) is 0 Å². The molecule has 0 aromatic carbocycles. The average Bonchev–Trinajstić information content (AvgIpc) is 2.77. The summed E-state index contributed by atoms with van der Waals surface area (Å²) in [7, 11) is 1.60. The molecule has 0 radical (unpaired) electrons. The minimum atomic E-state index is -0.727. The molecule has 1 saturated heterocycles. The fraction of sp³-hybridized carbons (Fsp3) is 0.583. The maximum absolute atomic E-state index is 10.1. The van der Waals surface area contributed by atoms with Gasteiger partial charge in [0.25, 0.3) is 0 Å². The Morgan fingerprint density at radius 1 is 1.65 bits per heavy atom. The second-order valence-electron chi connectivity index (χ2n) is 4.30. The molecule has 94 valence electrons. The quantitative estimate of drug-likeness (QED) is 0.774. The Labute approximate surface area is 101 Å². The highest BCUT2D eigenvalue weighted by atomic mass is 16.5. The van der Waals surface area contributed by atoms with Crippen molar-refractivity contribution in [3.8, 4) is 5.88 Å². The van der Waals surface area contributed by atoms with Crippen LogP contribution in [0, 0.1) is 0 Å². The van der Waals surface area contributed by atoms with Crippen molar-refractivity contribution in [2.24, 2.45) is 0 Å². The van der Waals surface area contributed by atoms with Crippen LogP contribution in [-0.4, -0.2) is 42.6 Å². The largest absolute Gasteiger partial charge is 0.481 e. The van der Waals surface area contributed by atoms with Gasteiger partial charge in [-0.05, 0) is 6.07 Å². The lowest BCUT2D eigenvalue weighted by molar-refractivity contribution is 0.0268. The van der Waals surface area contributed by atoms with Gasteiger partial charge in [0.15, 0.2) is 0 Å². The van der Waals surface area contributed by atoms with E-state index in [1.54, 1.807) is 13.3 Å². The van der Waals surface area contributed by atoms with E-state index in [-0.39, 0.29) is 0 Å². The third-order valence-corrected chi connectivity index (χ3v) is 2.90. The smallest absolute Gasteiger partial charge is 0.217 e. The highest BCUT2D eigenvalue weighted by Crippen LogP contribution is 2.18. The Hall–Kier alpha value is -1.17. The molecule has 0 saturated carbocycles. The predicted molar refractivity (Wildman–Crippen MR) is 62.9 cm³/mol. The summed E-state index contributed by atoms with van der Waals surface area (Å²) in [5, 5.41) is 13.3. The number of pyridine rings is 1. The molecule has 0 spiro atoms. The zero-order valence-electron chi connectivity index (χ0n) is 9.98. The predicted octanol–water partition coefficient (Wildman–Crippen LogP) is 0.331. The monoisotopic (exact) mass is 238 g/mol. The Balaban J connectivity index is 1.85. The molecule has 2 rings (SSSR count). The van der Waals surface area contributed by atoms with Gasteiger partial charge >= 0.3 is 0 Å². The van der Waals surface area contributed by atoms with Crippen LogP contribution in [0.4, 0.5) is 0 Å². The summed E-state index contributed by atoms with van der Waals surface area (Å²) in [5.74, 6) is 0.620. The standard InChI is InChI=1S/C12H18N2O3/c1-16-11-10(3-2-5-14-11)7-13-8-12(15)4-6-17-9-12/h2-3,5,13,15H,4,6-9H2,1H3. The molecule has 1 aromatic heterocycles. The summed E-state index contributed by atoms with van der Waals surface area (Å²) >= 11 is 0. The first kappa shape index (κ1) is 12.3. The van der Waals surface area contributed by atoms with Gasteiger partial charge in [-0.2, -0.15) is 0 Å². The molecule has 1 unspecified atom stereocenters. The van der Waals surface area contributed by atoms with E-state index in [2.05, 4.69) is 10.3 Å². The number of hydrogen-bond acceptors (Lipinski definition) is 5. The maximum atomic E-state index is 10.1. The molecule has 5 heteroatoms. The highest BCUT2D eigenvalue weighted by molar-refractivity contribution is 5.25. The van der Waals surface area contributed by atoms with E-state index in [4.69, 9.17) is 9.47 Å². The number of nitrogens with zero attached hydrogens (tertiary/aromatic N) is 1. The van der Waals surface area contributed by atoms with Crippen molar-refractivity contribution in [1.82, 2.24) is 10.3 Å². The van der Waals surface area contributed by atoms with Crippen LogP contribution in [-0.2, 0) is 11.3 Å². The van der Waals surface area contributed by atoms with E-state index in [0.29, 0.717) is 38.6 Å². The van der Waals surface area contributed by atoms with E-state index in [9.17, 15) is 5.11 Å². The van der Waals surface area contributed by atoms with Crippen molar-refractivity contribution >= 4 is 0 Å². The van der Waals surface area contributed by atoms with Crippen molar-refractivity contribution in [1.29, 1.82) is 0 Å². The zero-order valence-corrected chi connectivity index (χ0v) is 9.98. The van der Waals surface area contributed by atoms with E-state index in [0.717, 1.165) is 5.56 Å². The van der Waals surface area contributed by atoms with Crippen LogP contribution in [0.15, 0.2) is 18.3 Å². The number of rotatable bonds is 5. The average molecular weight is 238 g/mol. The first-order valence-electron chi connectivity index (χ1n) is 5.72. The van der Waals surface area contributed by atoms with Crippen LogP contribution in [0.25, 0.3) is 0 Å². The van der Waals surface area contributed by atoms with Crippen molar-refractivity contribution in [3.05, 3.63) is 23.9 Å². The van der Waals surface area contributed by atoms with Gasteiger partial charge in [-0.3, -0.25) is 0 Å². The first-order valence-corrected chi connectivity index (χ1v) is 5.72. The second-order valence-corrected chi connectivity index (χ2v) is 4.30. The third-order valence-electron chi connectivity index (χ3n) is 2.90. The fourth-order valence-corrected chi connectivity index (χ4v) is 1.91. The molecule has 1 aliphatic rings. The highest BCUT2D eigenvalue weighted by Gasteiger charge is 2.31. The van der Waals surface area contributed by atoms with Gasteiger partial charge in [0.1, 0.15) is 5.60 Å². The minimum Gasteiger partial charge on any atom is -0.481 e. The van der Waals surface area contributed by atoms with Crippen LogP contribution in [0.1, 0.15) is 12.0 Å². The molecule has 17 heavy (non-hydrogen) atoms. The van der Waals surface area contributed by atoms with Gasteiger partial charge in [0, 0.05) is 37.9 Å². The van der Waals surface area contributed by atoms with E-state index in [1.807, 2.05) is 12.1 Å². The molecule has 1 aromatic rings. The molecule has 5 nitrogen and oxygen atoms in total. The summed E-state index contributed by atoms with van der Waals surface area (Å²) in [5.41, 5.74) is 0.257. The van der Waals surface area contributed by atoms with Gasteiger partial charge < -0.3 is 19.9 Å². The molecule has 1 fully saturated rings. The molecule has 1 aliphatic heterocycles. The lowest BCUT2D eigenvalue weighted by Crippen LogP contribution is -2.40. The normalized spacial score (nSPS) is 23.9. The summed E-state index contributed by atoms with van der Waals surface area (Å²) in [6.07, 6.45) is 2.38. The lowest BCUT2D eigenvalue weighted by Gasteiger charge is -2.20. The maximum Gasteiger partial charge on any atom is 0.217 e. The lowest BCUT2D eigenvalue weighted by atomic mass is 10.0. The van der Waals surface area contributed by atoms with Crippen molar-refractivity contribution in [3.63, 3.8) is 0 Å². The third kappa shape index (κ3) is 3.15. The van der Waals surface area contributed by atoms with Crippen molar-refractivity contribution in [2.45, 2.75) is 18.6 Å². The number of nitrogens with one attached hydrogen (secondary N) is 1. The van der Waals surface area contributed by atoms with Gasteiger partial charge in [0.2, 0.25) is 5.88 Å². The van der Waals surface area contributed by atoms with Crippen LogP contribution in [0.2, 0.25) is 0 Å². The van der Waals surface area contributed by atoms with Gasteiger partial charge in [-0.15, -0.1) is 0 Å². The SMILES string of the molecule is COc1ncccc1CNCC1(O)CCOC1.